The van der Waals surface area contributed by atoms with Crippen LogP contribution in [0.1, 0.15) is 49.9 Å². The van der Waals surface area contributed by atoms with E-state index in [4.69, 9.17) is 4.74 Å². The number of aromatic nitrogens is 1. The van der Waals surface area contributed by atoms with Crippen LogP contribution in [0.4, 0.5) is 4.79 Å². The maximum atomic E-state index is 13.4. The molecule has 1 aliphatic carbocycles. The average Bonchev–Trinajstić information content (AvgIpc) is 3.37. The molecule has 1 atom stereocenters. The van der Waals surface area contributed by atoms with Crippen molar-refractivity contribution in [3.05, 3.63) is 29.5 Å². The molecule has 8 nitrogen and oxygen atoms in total. The topological polar surface area (TPSA) is 87.0 Å². The molecule has 172 valence electrons. The van der Waals surface area contributed by atoms with E-state index in [0.29, 0.717) is 19.6 Å². The Hall–Kier alpha value is -2.74. The summed E-state index contributed by atoms with van der Waals surface area (Å²) in [7, 11) is 3.63. The number of hydrogen-bond acceptors (Lipinski definition) is 4. The van der Waals surface area contributed by atoms with Crippen LogP contribution in [0.5, 0.6) is 5.75 Å². The fourth-order valence-corrected chi connectivity index (χ4v) is 6.06. The van der Waals surface area contributed by atoms with Crippen LogP contribution in [-0.2, 0) is 17.3 Å². The molecule has 2 aliphatic heterocycles. The number of amides is 3. The van der Waals surface area contributed by atoms with Gasteiger partial charge < -0.3 is 29.5 Å². The number of fused-ring (bicyclic) bond motifs is 4. The standard InChI is InChI=1S/C24H32N4O4/c1-15(30)27-12-24(13-27)14-28(23(31)25-16-6-4-5-7-16)20(11-29)22-21(24)18-9-8-17(32-3)10-19(18)26(22)2/h8-10,16,20,29H,4-7,11-14H2,1-3H3,(H,25,31)/t20-/m0/s1. The Balaban J connectivity index is 1.62. The lowest BCUT2D eigenvalue weighted by Gasteiger charge is -2.56. The van der Waals surface area contributed by atoms with Crippen molar-refractivity contribution in [1.29, 1.82) is 0 Å². The van der Waals surface area contributed by atoms with Crippen molar-refractivity contribution in [2.75, 3.05) is 33.4 Å². The summed E-state index contributed by atoms with van der Waals surface area (Å²) in [5.74, 6) is 0.810. The number of ether oxygens (including phenoxy) is 1. The van der Waals surface area contributed by atoms with Gasteiger partial charge >= 0.3 is 6.03 Å². The molecular formula is C24H32N4O4. The van der Waals surface area contributed by atoms with E-state index in [0.717, 1.165) is 53.6 Å². The number of carbonyl (C=O) groups is 2. The first-order chi connectivity index (χ1) is 15.4. The fraction of sp³-hybridized carbons (Fsp3) is 0.583. The van der Waals surface area contributed by atoms with E-state index in [2.05, 4.69) is 16.0 Å². The Bertz CT molecular complexity index is 1070. The van der Waals surface area contributed by atoms with Gasteiger partial charge in [0.25, 0.3) is 0 Å². The Labute approximate surface area is 188 Å². The third kappa shape index (κ3) is 3.07. The summed E-state index contributed by atoms with van der Waals surface area (Å²) < 4.78 is 7.53. The van der Waals surface area contributed by atoms with E-state index in [1.165, 1.54) is 0 Å². The highest BCUT2D eigenvalue weighted by molar-refractivity contribution is 5.90. The summed E-state index contributed by atoms with van der Waals surface area (Å²) in [6.45, 7) is 3.07. The highest BCUT2D eigenvalue weighted by Gasteiger charge is 2.55. The second kappa shape index (κ2) is 7.69. The Morgan fingerprint density at radius 1 is 1.22 bits per heavy atom. The summed E-state index contributed by atoms with van der Waals surface area (Å²) in [4.78, 5) is 29.1. The molecule has 2 N–H and O–H groups in total. The van der Waals surface area contributed by atoms with Gasteiger partial charge in [-0.15, -0.1) is 0 Å². The fourth-order valence-electron chi connectivity index (χ4n) is 6.06. The lowest BCUT2D eigenvalue weighted by molar-refractivity contribution is -0.137. The van der Waals surface area contributed by atoms with Crippen LogP contribution in [0.2, 0.25) is 0 Å². The van der Waals surface area contributed by atoms with Crippen molar-refractivity contribution in [3.63, 3.8) is 0 Å². The van der Waals surface area contributed by atoms with Crippen molar-refractivity contribution in [1.82, 2.24) is 19.7 Å². The van der Waals surface area contributed by atoms with E-state index < -0.39 is 6.04 Å². The maximum absolute atomic E-state index is 13.4. The van der Waals surface area contributed by atoms with E-state index in [9.17, 15) is 14.7 Å². The minimum Gasteiger partial charge on any atom is -0.497 e. The largest absolute Gasteiger partial charge is 0.497 e. The maximum Gasteiger partial charge on any atom is 0.318 e. The van der Waals surface area contributed by atoms with Gasteiger partial charge in [0.15, 0.2) is 0 Å². The van der Waals surface area contributed by atoms with E-state index >= 15 is 0 Å². The molecule has 1 aromatic carbocycles. The van der Waals surface area contributed by atoms with Crippen molar-refractivity contribution in [2.45, 2.75) is 50.1 Å². The second-order valence-electron chi connectivity index (χ2n) is 9.61. The van der Waals surface area contributed by atoms with Gasteiger partial charge in [0, 0.05) is 56.8 Å². The van der Waals surface area contributed by atoms with Crippen LogP contribution < -0.4 is 10.1 Å². The highest BCUT2D eigenvalue weighted by atomic mass is 16.5. The predicted molar refractivity (Wildman–Crippen MR) is 121 cm³/mol. The molecule has 1 aromatic heterocycles. The quantitative estimate of drug-likeness (QED) is 0.767. The van der Waals surface area contributed by atoms with Crippen molar-refractivity contribution in [2.24, 2.45) is 7.05 Å². The number of hydrogen-bond donors (Lipinski definition) is 2. The molecular weight excluding hydrogens is 408 g/mol. The summed E-state index contributed by atoms with van der Waals surface area (Å²) in [6.07, 6.45) is 4.29. The molecule has 0 bridgehead atoms. The summed E-state index contributed by atoms with van der Waals surface area (Å²) in [5, 5.41) is 14.7. The first kappa shape index (κ1) is 21.1. The van der Waals surface area contributed by atoms with Crippen molar-refractivity contribution in [3.8, 4) is 5.75 Å². The third-order valence-corrected chi connectivity index (χ3v) is 7.70. The van der Waals surface area contributed by atoms with Gasteiger partial charge in [0.2, 0.25) is 5.91 Å². The zero-order chi connectivity index (χ0) is 22.6. The summed E-state index contributed by atoms with van der Waals surface area (Å²) in [6, 6.07) is 5.65. The number of aryl methyl sites for hydroxylation is 1. The Kier molecular flexibility index (Phi) is 5.08. The smallest absolute Gasteiger partial charge is 0.318 e. The molecule has 32 heavy (non-hydrogen) atoms. The molecule has 5 rings (SSSR count). The SMILES string of the molecule is COc1ccc2c3c(n(C)c2c1)[C@H](CO)N(C(=O)NC1CCCC1)CC31CN(C(C)=O)C1. The number of rotatable bonds is 3. The second-order valence-corrected chi connectivity index (χ2v) is 9.61. The number of aliphatic hydroxyl groups is 1. The highest BCUT2D eigenvalue weighted by Crippen LogP contribution is 2.49. The zero-order valence-electron chi connectivity index (χ0n) is 19.1. The van der Waals surface area contributed by atoms with E-state index in [1.54, 1.807) is 18.9 Å². The first-order valence-electron chi connectivity index (χ1n) is 11.5. The van der Waals surface area contributed by atoms with Gasteiger partial charge in [0.05, 0.1) is 30.7 Å². The Morgan fingerprint density at radius 2 is 1.94 bits per heavy atom. The molecule has 1 saturated carbocycles. The van der Waals surface area contributed by atoms with Gasteiger partial charge in [-0.3, -0.25) is 4.79 Å². The average molecular weight is 441 g/mol. The van der Waals surface area contributed by atoms with Crippen molar-refractivity contribution >= 4 is 22.8 Å². The number of aliphatic hydroxyl groups excluding tert-OH is 1. The Morgan fingerprint density at radius 3 is 2.56 bits per heavy atom. The van der Waals surface area contributed by atoms with E-state index in [-0.39, 0.29) is 30.0 Å². The molecule has 8 heteroatoms. The van der Waals surface area contributed by atoms with Crippen LogP contribution in [0.25, 0.3) is 10.9 Å². The van der Waals surface area contributed by atoms with Gasteiger partial charge in [0.1, 0.15) is 5.75 Å². The van der Waals surface area contributed by atoms with Crippen LogP contribution in [0.3, 0.4) is 0 Å². The molecule has 3 aliphatic rings. The van der Waals surface area contributed by atoms with Gasteiger partial charge in [-0.05, 0) is 30.5 Å². The molecule has 2 fully saturated rings. The van der Waals surface area contributed by atoms with Gasteiger partial charge in [-0.1, -0.05) is 12.8 Å². The number of methoxy groups -OCH3 is 1. The van der Waals surface area contributed by atoms with Crippen LogP contribution >= 0.6 is 0 Å². The number of carbonyl (C=O) groups excluding carboxylic acids is 2. The molecule has 3 amide bonds. The molecule has 1 saturated heterocycles. The molecule has 2 aromatic rings. The minimum absolute atomic E-state index is 0.0466. The lowest BCUT2D eigenvalue weighted by atomic mass is 9.68. The van der Waals surface area contributed by atoms with E-state index in [1.807, 2.05) is 24.1 Å². The molecule has 3 heterocycles. The van der Waals surface area contributed by atoms with Crippen LogP contribution in [0, 0.1) is 0 Å². The summed E-state index contributed by atoms with van der Waals surface area (Å²) >= 11 is 0. The number of nitrogens with one attached hydrogen (secondary N) is 1. The monoisotopic (exact) mass is 440 g/mol. The zero-order valence-corrected chi connectivity index (χ0v) is 19.1. The number of nitrogens with zero attached hydrogens (tertiary/aromatic N) is 3. The minimum atomic E-state index is -0.438. The summed E-state index contributed by atoms with van der Waals surface area (Å²) in [5.41, 5.74) is 2.77. The molecule has 0 radical (unpaired) electrons. The predicted octanol–water partition coefficient (Wildman–Crippen LogP) is 2.29. The van der Waals surface area contributed by atoms with Gasteiger partial charge in [-0.2, -0.15) is 0 Å². The normalized spacial score (nSPS) is 22.2. The third-order valence-electron chi connectivity index (χ3n) is 7.70. The number of urea groups is 1. The molecule has 1 spiro atoms. The van der Waals surface area contributed by atoms with Crippen molar-refractivity contribution < 1.29 is 19.4 Å². The lowest BCUT2D eigenvalue weighted by Crippen LogP contribution is -2.68. The van der Waals surface area contributed by atoms with Gasteiger partial charge in [-0.25, -0.2) is 4.79 Å². The van der Waals surface area contributed by atoms with Crippen LogP contribution in [0.15, 0.2) is 18.2 Å². The number of likely N-dealkylation sites (tertiary alicyclic amines) is 1. The van der Waals surface area contributed by atoms with Crippen LogP contribution in [-0.4, -0.2) is 70.8 Å². The number of benzene rings is 1. The first-order valence-corrected chi connectivity index (χ1v) is 11.5. The molecule has 0 unspecified atom stereocenters.